The van der Waals surface area contributed by atoms with E-state index in [0.29, 0.717) is 11.7 Å². The van der Waals surface area contributed by atoms with Crippen LogP contribution in [0.2, 0.25) is 0 Å². The van der Waals surface area contributed by atoms with Crippen LogP contribution >= 0.6 is 0 Å². The molecule has 0 atom stereocenters. The summed E-state index contributed by atoms with van der Waals surface area (Å²) in [5.74, 6) is -0.189. The molecule has 5 heteroatoms. The van der Waals surface area contributed by atoms with Crippen molar-refractivity contribution in [1.29, 1.82) is 0 Å². The first-order valence-electron chi connectivity index (χ1n) is 6.31. The lowest BCUT2D eigenvalue weighted by molar-refractivity contribution is 0.0686. The maximum Gasteiger partial charge on any atom is 0.360 e. The maximum atomic E-state index is 11.0. The maximum absolute atomic E-state index is 11.0. The fourth-order valence-corrected chi connectivity index (χ4v) is 2.02. The third kappa shape index (κ3) is 2.93. The highest BCUT2D eigenvalue weighted by molar-refractivity contribution is 5.87. The SMILES string of the molecule is Cc1cc(Oc2nccnc2C(=O)O)ccc1C(C)C. The molecule has 0 bridgehead atoms. The molecular weight excluding hydrogens is 256 g/mol. The molecule has 104 valence electrons. The Kier molecular flexibility index (Phi) is 3.98. The Hall–Kier alpha value is -2.43. The Bertz CT molecular complexity index is 639. The molecule has 1 heterocycles. The van der Waals surface area contributed by atoms with E-state index in [9.17, 15) is 4.79 Å². The van der Waals surface area contributed by atoms with Crippen molar-refractivity contribution >= 4 is 5.97 Å². The number of ether oxygens (including phenoxy) is 1. The van der Waals surface area contributed by atoms with E-state index < -0.39 is 5.97 Å². The molecule has 2 rings (SSSR count). The third-order valence-corrected chi connectivity index (χ3v) is 2.95. The van der Waals surface area contributed by atoms with E-state index in [4.69, 9.17) is 9.84 Å². The molecule has 0 unspecified atom stereocenters. The first-order chi connectivity index (χ1) is 9.49. The normalized spacial score (nSPS) is 10.6. The van der Waals surface area contributed by atoms with Gasteiger partial charge < -0.3 is 9.84 Å². The first kappa shape index (κ1) is 14.0. The topological polar surface area (TPSA) is 72.3 Å². The van der Waals surface area contributed by atoms with E-state index in [0.717, 1.165) is 5.56 Å². The number of carboxylic acids is 1. The fraction of sp³-hybridized carbons (Fsp3) is 0.267. The quantitative estimate of drug-likeness (QED) is 0.923. The van der Waals surface area contributed by atoms with Gasteiger partial charge in [-0.05, 0) is 36.1 Å². The molecule has 5 nitrogen and oxygen atoms in total. The monoisotopic (exact) mass is 272 g/mol. The van der Waals surface area contributed by atoms with Gasteiger partial charge in [0.15, 0.2) is 0 Å². The van der Waals surface area contributed by atoms with Gasteiger partial charge in [-0.1, -0.05) is 19.9 Å². The largest absolute Gasteiger partial charge is 0.476 e. The average molecular weight is 272 g/mol. The first-order valence-corrected chi connectivity index (χ1v) is 6.31. The minimum atomic E-state index is -1.16. The number of carboxylic acid groups (broad SMARTS) is 1. The number of aromatic nitrogens is 2. The zero-order chi connectivity index (χ0) is 14.7. The highest BCUT2D eigenvalue weighted by Crippen LogP contribution is 2.27. The van der Waals surface area contributed by atoms with Gasteiger partial charge in [-0.15, -0.1) is 0 Å². The van der Waals surface area contributed by atoms with Crippen molar-refractivity contribution in [3.8, 4) is 11.6 Å². The summed E-state index contributed by atoms with van der Waals surface area (Å²) in [4.78, 5) is 18.7. The van der Waals surface area contributed by atoms with Crippen molar-refractivity contribution < 1.29 is 14.6 Å². The summed E-state index contributed by atoms with van der Waals surface area (Å²) in [6, 6.07) is 5.66. The van der Waals surface area contributed by atoms with E-state index in [1.165, 1.54) is 18.0 Å². The number of benzene rings is 1. The van der Waals surface area contributed by atoms with Gasteiger partial charge in [-0.2, -0.15) is 0 Å². The molecule has 0 aliphatic rings. The minimum Gasteiger partial charge on any atom is -0.476 e. The smallest absolute Gasteiger partial charge is 0.360 e. The van der Waals surface area contributed by atoms with Crippen LogP contribution in [0.15, 0.2) is 30.6 Å². The molecule has 2 aromatic rings. The summed E-state index contributed by atoms with van der Waals surface area (Å²) in [5.41, 5.74) is 2.13. The Morgan fingerprint density at radius 1 is 1.25 bits per heavy atom. The number of carbonyl (C=O) groups is 1. The second kappa shape index (κ2) is 5.69. The van der Waals surface area contributed by atoms with Crippen LogP contribution in [-0.4, -0.2) is 21.0 Å². The summed E-state index contributed by atoms with van der Waals surface area (Å²) < 4.78 is 5.53. The van der Waals surface area contributed by atoms with Crippen molar-refractivity contribution in [2.75, 3.05) is 0 Å². The number of hydrogen-bond donors (Lipinski definition) is 1. The molecule has 1 aromatic heterocycles. The third-order valence-electron chi connectivity index (χ3n) is 2.95. The second-order valence-corrected chi connectivity index (χ2v) is 4.79. The van der Waals surface area contributed by atoms with Crippen LogP contribution in [0.1, 0.15) is 41.4 Å². The Morgan fingerprint density at radius 2 is 1.95 bits per heavy atom. The van der Waals surface area contributed by atoms with Crippen LogP contribution in [0.3, 0.4) is 0 Å². The van der Waals surface area contributed by atoms with Gasteiger partial charge in [0, 0.05) is 12.4 Å². The molecule has 1 aromatic carbocycles. The fourth-order valence-electron chi connectivity index (χ4n) is 2.02. The van der Waals surface area contributed by atoms with Crippen molar-refractivity contribution in [2.24, 2.45) is 0 Å². The van der Waals surface area contributed by atoms with E-state index in [1.807, 2.05) is 25.1 Å². The molecule has 0 aliphatic heterocycles. The molecule has 20 heavy (non-hydrogen) atoms. The highest BCUT2D eigenvalue weighted by atomic mass is 16.5. The number of aryl methyl sites for hydroxylation is 1. The molecule has 0 spiro atoms. The minimum absolute atomic E-state index is 0.00306. The Labute approximate surface area is 117 Å². The summed E-state index contributed by atoms with van der Waals surface area (Å²) in [5, 5.41) is 9.03. The van der Waals surface area contributed by atoms with Crippen LogP contribution in [0.4, 0.5) is 0 Å². The predicted molar refractivity (Wildman–Crippen MR) is 74.3 cm³/mol. The van der Waals surface area contributed by atoms with E-state index in [2.05, 4.69) is 23.8 Å². The van der Waals surface area contributed by atoms with Gasteiger partial charge in [-0.25, -0.2) is 14.8 Å². The summed E-state index contributed by atoms with van der Waals surface area (Å²) in [6.45, 7) is 6.24. The van der Waals surface area contributed by atoms with Gasteiger partial charge in [0.25, 0.3) is 5.88 Å². The van der Waals surface area contributed by atoms with Gasteiger partial charge in [0.1, 0.15) is 5.75 Å². The van der Waals surface area contributed by atoms with Crippen molar-refractivity contribution in [3.63, 3.8) is 0 Å². The van der Waals surface area contributed by atoms with E-state index in [-0.39, 0.29) is 11.6 Å². The Morgan fingerprint density at radius 3 is 2.55 bits per heavy atom. The average Bonchev–Trinajstić information content (AvgIpc) is 2.38. The molecule has 0 saturated heterocycles. The number of nitrogens with zero attached hydrogens (tertiary/aromatic N) is 2. The molecule has 0 radical (unpaired) electrons. The highest BCUT2D eigenvalue weighted by Gasteiger charge is 2.15. The van der Waals surface area contributed by atoms with Crippen LogP contribution in [0.25, 0.3) is 0 Å². The standard InChI is InChI=1S/C15H16N2O3/c1-9(2)12-5-4-11(8-10(12)3)20-14-13(15(18)19)16-6-7-17-14/h4-9H,1-3H3,(H,18,19). The zero-order valence-electron chi connectivity index (χ0n) is 11.6. The van der Waals surface area contributed by atoms with Gasteiger partial charge in [0.2, 0.25) is 5.69 Å². The van der Waals surface area contributed by atoms with Crippen LogP contribution in [-0.2, 0) is 0 Å². The lowest BCUT2D eigenvalue weighted by Gasteiger charge is -2.12. The molecule has 0 saturated carbocycles. The lowest BCUT2D eigenvalue weighted by atomic mass is 9.98. The Balaban J connectivity index is 2.31. The van der Waals surface area contributed by atoms with Crippen LogP contribution in [0, 0.1) is 6.92 Å². The molecule has 0 amide bonds. The molecule has 1 N–H and O–H groups in total. The summed E-state index contributed by atoms with van der Waals surface area (Å²) in [7, 11) is 0. The number of rotatable bonds is 4. The van der Waals surface area contributed by atoms with Gasteiger partial charge in [0.05, 0.1) is 0 Å². The number of hydrogen-bond acceptors (Lipinski definition) is 4. The lowest BCUT2D eigenvalue weighted by Crippen LogP contribution is -2.04. The van der Waals surface area contributed by atoms with Crippen LogP contribution in [0.5, 0.6) is 11.6 Å². The summed E-state index contributed by atoms with van der Waals surface area (Å²) in [6.07, 6.45) is 2.72. The summed E-state index contributed by atoms with van der Waals surface area (Å²) >= 11 is 0. The number of aromatic carboxylic acids is 1. The zero-order valence-corrected chi connectivity index (χ0v) is 11.6. The van der Waals surface area contributed by atoms with Gasteiger partial charge >= 0.3 is 5.97 Å². The van der Waals surface area contributed by atoms with E-state index in [1.54, 1.807) is 0 Å². The predicted octanol–water partition coefficient (Wildman–Crippen LogP) is 3.40. The molecular formula is C15H16N2O3. The second-order valence-electron chi connectivity index (χ2n) is 4.79. The molecule has 0 aliphatic carbocycles. The van der Waals surface area contributed by atoms with Crippen molar-refractivity contribution in [1.82, 2.24) is 9.97 Å². The van der Waals surface area contributed by atoms with Crippen molar-refractivity contribution in [3.05, 3.63) is 47.4 Å². The molecule has 0 fully saturated rings. The van der Waals surface area contributed by atoms with Crippen LogP contribution < -0.4 is 4.74 Å². The van der Waals surface area contributed by atoms with Crippen molar-refractivity contribution in [2.45, 2.75) is 26.7 Å². The van der Waals surface area contributed by atoms with Gasteiger partial charge in [-0.3, -0.25) is 0 Å². The van der Waals surface area contributed by atoms with E-state index >= 15 is 0 Å².